The second-order valence-corrected chi connectivity index (χ2v) is 25.9. The Morgan fingerprint density at radius 1 is 0.304 bits per heavy atom. The second kappa shape index (κ2) is 16.5. The first-order chi connectivity index (χ1) is 38.0. The van der Waals surface area contributed by atoms with Gasteiger partial charge in [0.25, 0.3) is 0 Å². The molecule has 79 heavy (non-hydrogen) atoms. The van der Waals surface area contributed by atoms with Crippen LogP contribution in [0.25, 0.3) is 132 Å². The molecule has 382 valence electrons. The highest BCUT2D eigenvalue weighted by molar-refractivity contribution is 6.25. The second-order valence-electron chi connectivity index (χ2n) is 25.9. The summed E-state index contributed by atoms with van der Waals surface area (Å²) in [5.74, 6) is 0. The molecule has 0 atom stereocenters. The fraction of sp³-hybridized carbons (Fsp3) is 0.179. The summed E-state index contributed by atoms with van der Waals surface area (Å²) in [7, 11) is 0. The highest BCUT2D eigenvalue weighted by Gasteiger charge is 2.49. The predicted molar refractivity (Wildman–Crippen MR) is 338 cm³/mol. The van der Waals surface area contributed by atoms with Gasteiger partial charge in [0.05, 0.1) is 0 Å². The lowest BCUT2D eigenvalue weighted by atomic mass is 9.71. The molecule has 0 fully saturated rings. The standard InChI is InChI=1S/C78H64O/c1-75(2,3)49-37-31-45(32-38-49)65-51-21-11-15-25-55(51)67(56-26-16-12-22-52(56)65)47-35-41-59-62(43-47)77(7,8)72-69(59)70-61-29-19-20-30-64(61)79-74(70)71-60-42-36-48(44-63(60)78(9,10)73(71)72)68-57-27-17-13-23-53(57)66(54-24-14-18-28-58(54)68)46-33-39-50(40-34-46)76(4,5)6/h11-44H,1-10H3. The van der Waals surface area contributed by atoms with Gasteiger partial charge in [-0.25, -0.2) is 0 Å². The first kappa shape index (κ1) is 47.7. The summed E-state index contributed by atoms with van der Waals surface area (Å²) in [5.41, 5.74) is 24.7. The van der Waals surface area contributed by atoms with Crippen LogP contribution in [0.2, 0.25) is 0 Å². The van der Waals surface area contributed by atoms with Crippen LogP contribution in [-0.4, -0.2) is 0 Å². The summed E-state index contributed by atoms with van der Waals surface area (Å²) in [6.07, 6.45) is 0. The third-order valence-corrected chi connectivity index (χ3v) is 18.5. The Hall–Kier alpha value is -8.52. The van der Waals surface area contributed by atoms with Gasteiger partial charge in [-0.05, 0) is 167 Å². The van der Waals surface area contributed by atoms with Gasteiger partial charge in [0.1, 0.15) is 11.2 Å². The third kappa shape index (κ3) is 6.75. The normalized spacial score (nSPS) is 14.4. The van der Waals surface area contributed by atoms with Gasteiger partial charge < -0.3 is 4.42 Å². The van der Waals surface area contributed by atoms with E-state index in [4.69, 9.17) is 4.42 Å². The van der Waals surface area contributed by atoms with Gasteiger partial charge in [-0.15, -0.1) is 0 Å². The van der Waals surface area contributed by atoms with E-state index in [9.17, 15) is 0 Å². The molecule has 0 amide bonds. The Morgan fingerprint density at radius 3 is 0.975 bits per heavy atom. The van der Waals surface area contributed by atoms with E-state index in [1.165, 1.54) is 154 Å². The smallest absolute Gasteiger partial charge is 0.144 e. The van der Waals surface area contributed by atoms with Crippen LogP contribution in [0.15, 0.2) is 211 Å². The lowest BCUT2D eigenvalue weighted by Crippen LogP contribution is -2.24. The van der Waals surface area contributed by atoms with Crippen LogP contribution in [0.1, 0.15) is 103 Å². The molecule has 0 bridgehead atoms. The first-order valence-electron chi connectivity index (χ1n) is 28.4. The van der Waals surface area contributed by atoms with Crippen LogP contribution in [0.3, 0.4) is 0 Å². The molecule has 1 aromatic heterocycles. The number of fused-ring (bicyclic) bond motifs is 16. The van der Waals surface area contributed by atoms with Crippen molar-refractivity contribution >= 4 is 65.0 Å². The zero-order valence-electron chi connectivity index (χ0n) is 47.0. The molecule has 0 aliphatic heterocycles. The summed E-state index contributed by atoms with van der Waals surface area (Å²) >= 11 is 0. The molecule has 0 radical (unpaired) electrons. The molecule has 1 nitrogen and oxygen atoms in total. The minimum Gasteiger partial charge on any atom is -0.455 e. The number of furan rings is 1. The minimum absolute atomic E-state index is 0.0762. The van der Waals surface area contributed by atoms with Gasteiger partial charge in [-0.1, -0.05) is 257 Å². The molecule has 0 N–H and O–H groups in total. The zero-order chi connectivity index (χ0) is 54.1. The maximum atomic E-state index is 7.23. The third-order valence-electron chi connectivity index (χ3n) is 18.5. The SMILES string of the molecule is CC(C)(C)c1ccc(-c2c3ccccc3c(-c3ccc4c(c3)C(C)(C)c3c5c(c6c(oc7ccccc76)c3-4)-c3ccc(-c4c6ccccc6c(-c6ccc(C(C)(C)C)cc6)c6ccccc46)cc3C5(C)C)c3ccccc23)cc1. The van der Waals surface area contributed by atoms with E-state index in [-0.39, 0.29) is 21.7 Å². The number of para-hydroxylation sites is 1. The molecule has 1 heterocycles. The van der Waals surface area contributed by atoms with E-state index in [1.54, 1.807) is 0 Å². The molecule has 12 aromatic carbocycles. The van der Waals surface area contributed by atoms with Crippen LogP contribution < -0.4 is 0 Å². The summed E-state index contributed by atoms with van der Waals surface area (Å²) in [6.45, 7) is 23.6. The summed E-state index contributed by atoms with van der Waals surface area (Å²) in [5, 5.41) is 12.5. The van der Waals surface area contributed by atoms with Gasteiger partial charge in [0, 0.05) is 27.2 Å². The lowest BCUT2D eigenvalue weighted by Gasteiger charge is -2.31. The maximum Gasteiger partial charge on any atom is 0.144 e. The molecule has 13 aromatic rings. The van der Waals surface area contributed by atoms with Crippen molar-refractivity contribution in [3.05, 3.63) is 240 Å². The molecule has 15 rings (SSSR count). The van der Waals surface area contributed by atoms with E-state index in [2.05, 4.69) is 275 Å². The quantitative estimate of drug-likeness (QED) is 0.160. The number of benzene rings is 12. The topological polar surface area (TPSA) is 13.1 Å². The van der Waals surface area contributed by atoms with E-state index in [0.717, 1.165) is 11.2 Å². The van der Waals surface area contributed by atoms with Gasteiger partial charge in [0.15, 0.2) is 0 Å². The van der Waals surface area contributed by atoms with Gasteiger partial charge >= 0.3 is 0 Å². The summed E-state index contributed by atoms with van der Waals surface area (Å²) in [6, 6.07) is 78.3. The molecular weight excluding hydrogens is 953 g/mol. The highest BCUT2D eigenvalue weighted by atomic mass is 16.3. The predicted octanol–water partition coefficient (Wildman–Crippen LogP) is 22.1. The molecule has 2 aliphatic rings. The number of hydrogen-bond donors (Lipinski definition) is 0. The number of rotatable bonds is 4. The minimum atomic E-state index is -0.367. The molecule has 0 spiro atoms. The van der Waals surface area contributed by atoms with Crippen molar-refractivity contribution in [2.24, 2.45) is 0 Å². The van der Waals surface area contributed by atoms with Crippen LogP contribution >= 0.6 is 0 Å². The van der Waals surface area contributed by atoms with E-state index in [1.807, 2.05) is 0 Å². The van der Waals surface area contributed by atoms with Crippen LogP contribution in [0, 0.1) is 0 Å². The van der Waals surface area contributed by atoms with Crippen molar-refractivity contribution in [1.82, 2.24) is 0 Å². The van der Waals surface area contributed by atoms with Crippen molar-refractivity contribution in [3.8, 4) is 66.8 Å². The largest absolute Gasteiger partial charge is 0.455 e. The number of hydrogen-bond acceptors (Lipinski definition) is 1. The zero-order valence-corrected chi connectivity index (χ0v) is 47.0. The average Bonchev–Trinajstić information content (AvgIpc) is 1.95. The van der Waals surface area contributed by atoms with Crippen molar-refractivity contribution in [2.45, 2.75) is 90.9 Å². The Morgan fingerprint density at radius 2 is 0.608 bits per heavy atom. The van der Waals surface area contributed by atoms with Crippen LogP contribution in [0.5, 0.6) is 0 Å². The summed E-state index contributed by atoms with van der Waals surface area (Å²) in [4.78, 5) is 0. The monoisotopic (exact) mass is 1020 g/mol. The van der Waals surface area contributed by atoms with Gasteiger partial charge in [-0.2, -0.15) is 0 Å². The fourth-order valence-electron chi connectivity index (χ4n) is 14.6. The molecular formula is C78H64O. The van der Waals surface area contributed by atoms with E-state index < -0.39 is 0 Å². The van der Waals surface area contributed by atoms with Crippen molar-refractivity contribution in [3.63, 3.8) is 0 Å². The Bertz CT molecular complexity index is 4640. The molecule has 1 heteroatoms. The Kier molecular flexibility index (Phi) is 9.96. The van der Waals surface area contributed by atoms with E-state index >= 15 is 0 Å². The molecule has 0 saturated heterocycles. The maximum absolute atomic E-state index is 7.23. The van der Waals surface area contributed by atoms with Crippen molar-refractivity contribution < 1.29 is 4.42 Å². The van der Waals surface area contributed by atoms with Crippen LogP contribution in [0.4, 0.5) is 0 Å². The summed E-state index contributed by atoms with van der Waals surface area (Å²) < 4.78 is 7.23. The van der Waals surface area contributed by atoms with E-state index in [0.29, 0.717) is 0 Å². The van der Waals surface area contributed by atoms with Crippen molar-refractivity contribution in [1.29, 1.82) is 0 Å². The lowest BCUT2D eigenvalue weighted by molar-refractivity contribution is 0.590. The van der Waals surface area contributed by atoms with Crippen molar-refractivity contribution in [2.75, 3.05) is 0 Å². The van der Waals surface area contributed by atoms with Gasteiger partial charge in [-0.3, -0.25) is 0 Å². The molecule has 2 aliphatic carbocycles. The molecule has 0 unspecified atom stereocenters. The van der Waals surface area contributed by atoms with Gasteiger partial charge in [0.2, 0.25) is 0 Å². The Labute approximate surface area is 464 Å². The van der Waals surface area contributed by atoms with Crippen LogP contribution in [-0.2, 0) is 21.7 Å². The Balaban J connectivity index is 0.932. The highest BCUT2D eigenvalue weighted by Crippen LogP contribution is 2.64. The first-order valence-corrected chi connectivity index (χ1v) is 28.4. The average molecular weight is 1020 g/mol. The molecule has 0 saturated carbocycles. The fourth-order valence-corrected chi connectivity index (χ4v) is 14.6.